The summed E-state index contributed by atoms with van der Waals surface area (Å²) in [6.07, 6.45) is 1.98. The van der Waals surface area contributed by atoms with Crippen LogP contribution in [-0.2, 0) is 4.79 Å². The maximum absolute atomic E-state index is 11.2. The second-order valence-electron chi connectivity index (χ2n) is 3.15. The lowest BCUT2D eigenvalue weighted by atomic mass is 10.3. The minimum atomic E-state index is -0.0822. The Labute approximate surface area is 90.4 Å². The van der Waals surface area contributed by atoms with Crippen LogP contribution in [-0.4, -0.2) is 5.97 Å². The number of benzene rings is 1. The zero-order valence-corrected chi connectivity index (χ0v) is 9.15. The lowest BCUT2D eigenvalue weighted by Crippen LogP contribution is -2.09. The first-order valence-corrected chi connectivity index (χ1v) is 5.31. The Morgan fingerprint density at radius 3 is 2.46 bits per heavy atom. The van der Waals surface area contributed by atoms with E-state index in [1.165, 1.54) is 0 Å². The molecular weight excluding hydrogens is 279 g/mol. The van der Waals surface area contributed by atoms with E-state index in [9.17, 15) is 4.79 Å². The summed E-state index contributed by atoms with van der Waals surface area (Å²) < 4.78 is 6.29. The molecule has 0 aromatic heterocycles. The van der Waals surface area contributed by atoms with Gasteiger partial charge in [-0.1, -0.05) is 0 Å². The smallest absolute Gasteiger partial charge is 0.314 e. The van der Waals surface area contributed by atoms with Gasteiger partial charge in [-0.25, -0.2) is 0 Å². The van der Waals surface area contributed by atoms with Crippen molar-refractivity contribution in [3.63, 3.8) is 0 Å². The van der Waals surface area contributed by atoms with E-state index < -0.39 is 0 Å². The van der Waals surface area contributed by atoms with E-state index in [4.69, 9.17) is 4.74 Å². The molecule has 68 valence electrons. The Morgan fingerprint density at radius 1 is 1.31 bits per heavy atom. The first-order chi connectivity index (χ1) is 6.25. The van der Waals surface area contributed by atoms with Crippen LogP contribution in [0.3, 0.4) is 0 Å². The number of hydrogen-bond acceptors (Lipinski definition) is 2. The van der Waals surface area contributed by atoms with Crippen LogP contribution in [0, 0.1) is 9.49 Å². The van der Waals surface area contributed by atoms with Crippen molar-refractivity contribution in [3.8, 4) is 5.75 Å². The molecule has 13 heavy (non-hydrogen) atoms. The Kier molecular flexibility index (Phi) is 2.53. The van der Waals surface area contributed by atoms with Crippen molar-refractivity contribution in [2.45, 2.75) is 12.8 Å². The lowest BCUT2D eigenvalue weighted by molar-refractivity contribution is -0.135. The predicted molar refractivity (Wildman–Crippen MR) is 57.5 cm³/mol. The van der Waals surface area contributed by atoms with Gasteiger partial charge in [-0.05, 0) is 59.7 Å². The van der Waals surface area contributed by atoms with Crippen molar-refractivity contribution >= 4 is 28.6 Å². The third-order valence-electron chi connectivity index (χ3n) is 1.94. The van der Waals surface area contributed by atoms with Crippen LogP contribution < -0.4 is 4.74 Å². The summed E-state index contributed by atoms with van der Waals surface area (Å²) in [5.74, 6) is 0.734. The minimum Gasteiger partial charge on any atom is -0.426 e. The van der Waals surface area contributed by atoms with Crippen molar-refractivity contribution in [2.75, 3.05) is 0 Å². The van der Waals surface area contributed by atoms with Gasteiger partial charge in [0.1, 0.15) is 5.75 Å². The number of halogens is 1. The van der Waals surface area contributed by atoms with Gasteiger partial charge < -0.3 is 4.74 Å². The summed E-state index contributed by atoms with van der Waals surface area (Å²) in [6.45, 7) is 0. The van der Waals surface area contributed by atoms with Gasteiger partial charge in [0, 0.05) is 3.57 Å². The van der Waals surface area contributed by atoms with Gasteiger partial charge in [0.15, 0.2) is 0 Å². The highest BCUT2D eigenvalue weighted by Crippen LogP contribution is 2.30. The molecule has 0 bridgehead atoms. The zero-order chi connectivity index (χ0) is 9.26. The fraction of sp³-hybridized carbons (Fsp3) is 0.300. The van der Waals surface area contributed by atoms with E-state index in [0.29, 0.717) is 5.75 Å². The summed E-state index contributed by atoms with van der Waals surface area (Å²) in [5, 5.41) is 0. The first-order valence-electron chi connectivity index (χ1n) is 4.23. The van der Waals surface area contributed by atoms with Crippen LogP contribution >= 0.6 is 22.6 Å². The number of carbonyl (C=O) groups excluding carboxylic acids is 1. The maximum Gasteiger partial charge on any atom is 0.314 e. The summed E-state index contributed by atoms with van der Waals surface area (Å²) in [5.41, 5.74) is 0. The molecule has 0 aliphatic heterocycles. The number of carbonyl (C=O) groups is 1. The standard InChI is InChI=1S/C10H9IO2/c11-8-3-5-9(6-4-8)13-10(12)7-1-2-7/h3-7H,1-2H2. The molecule has 0 saturated heterocycles. The quantitative estimate of drug-likeness (QED) is 0.475. The van der Waals surface area contributed by atoms with Crippen molar-refractivity contribution in [3.05, 3.63) is 27.8 Å². The largest absolute Gasteiger partial charge is 0.426 e. The number of ether oxygens (including phenoxy) is 1. The van der Waals surface area contributed by atoms with Gasteiger partial charge in [-0.3, -0.25) is 4.79 Å². The fourth-order valence-corrected chi connectivity index (χ4v) is 1.38. The van der Waals surface area contributed by atoms with E-state index >= 15 is 0 Å². The highest BCUT2D eigenvalue weighted by atomic mass is 127. The Hall–Kier alpha value is -0.580. The molecule has 2 rings (SSSR count). The zero-order valence-electron chi connectivity index (χ0n) is 7.00. The molecule has 1 aromatic rings. The molecule has 0 heterocycles. The summed E-state index contributed by atoms with van der Waals surface area (Å²) in [7, 11) is 0. The molecule has 3 heteroatoms. The third kappa shape index (κ3) is 2.43. The molecule has 0 unspecified atom stereocenters. The van der Waals surface area contributed by atoms with E-state index in [2.05, 4.69) is 22.6 Å². The second-order valence-corrected chi connectivity index (χ2v) is 4.39. The molecule has 1 saturated carbocycles. The SMILES string of the molecule is O=C(Oc1ccc(I)cc1)C1CC1. The second kappa shape index (κ2) is 3.65. The molecule has 1 aliphatic carbocycles. The normalized spacial score (nSPS) is 15.5. The summed E-state index contributed by atoms with van der Waals surface area (Å²) >= 11 is 2.22. The average molecular weight is 288 g/mol. The van der Waals surface area contributed by atoms with Gasteiger partial charge in [0.2, 0.25) is 0 Å². The van der Waals surface area contributed by atoms with Gasteiger partial charge >= 0.3 is 5.97 Å². The molecular formula is C10H9IO2. The van der Waals surface area contributed by atoms with E-state index in [0.717, 1.165) is 16.4 Å². The van der Waals surface area contributed by atoms with Gasteiger partial charge in [-0.15, -0.1) is 0 Å². The van der Waals surface area contributed by atoms with Crippen LogP contribution in [0.4, 0.5) is 0 Å². The Balaban J connectivity index is 2.00. The van der Waals surface area contributed by atoms with Crippen molar-refractivity contribution in [1.29, 1.82) is 0 Å². The molecule has 0 amide bonds. The predicted octanol–water partition coefficient (Wildman–Crippen LogP) is 2.61. The number of hydrogen-bond donors (Lipinski definition) is 0. The van der Waals surface area contributed by atoms with Crippen molar-refractivity contribution in [2.24, 2.45) is 5.92 Å². The summed E-state index contributed by atoms with van der Waals surface area (Å²) in [4.78, 5) is 11.2. The lowest BCUT2D eigenvalue weighted by Gasteiger charge is -2.02. The third-order valence-corrected chi connectivity index (χ3v) is 2.66. The van der Waals surface area contributed by atoms with Crippen LogP contribution in [0.1, 0.15) is 12.8 Å². The highest BCUT2D eigenvalue weighted by Gasteiger charge is 2.31. The molecule has 1 aliphatic rings. The van der Waals surface area contributed by atoms with Crippen LogP contribution in [0.2, 0.25) is 0 Å². The molecule has 2 nitrogen and oxygen atoms in total. The van der Waals surface area contributed by atoms with Gasteiger partial charge in [0.25, 0.3) is 0 Å². The summed E-state index contributed by atoms with van der Waals surface area (Å²) in [6, 6.07) is 7.50. The minimum absolute atomic E-state index is 0.0822. The highest BCUT2D eigenvalue weighted by molar-refractivity contribution is 14.1. The molecule has 1 aromatic carbocycles. The topological polar surface area (TPSA) is 26.3 Å². The maximum atomic E-state index is 11.2. The molecule has 0 atom stereocenters. The van der Waals surface area contributed by atoms with Crippen LogP contribution in [0.15, 0.2) is 24.3 Å². The molecule has 0 radical (unpaired) electrons. The van der Waals surface area contributed by atoms with Crippen molar-refractivity contribution < 1.29 is 9.53 Å². The Bertz CT molecular complexity index is 314. The molecule has 0 spiro atoms. The Morgan fingerprint density at radius 2 is 1.92 bits per heavy atom. The van der Waals surface area contributed by atoms with Crippen molar-refractivity contribution in [1.82, 2.24) is 0 Å². The van der Waals surface area contributed by atoms with E-state index in [-0.39, 0.29) is 11.9 Å². The fourth-order valence-electron chi connectivity index (χ4n) is 1.02. The van der Waals surface area contributed by atoms with E-state index in [1.807, 2.05) is 24.3 Å². The van der Waals surface area contributed by atoms with Gasteiger partial charge in [-0.2, -0.15) is 0 Å². The average Bonchev–Trinajstić information content (AvgIpc) is 2.91. The first kappa shape index (κ1) is 8.99. The molecule has 0 N–H and O–H groups in total. The van der Waals surface area contributed by atoms with E-state index in [1.54, 1.807) is 0 Å². The number of esters is 1. The van der Waals surface area contributed by atoms with Crippen LogP contribution in [0.5, 0.6) is 5.75 Å². The van der Waals surface area contributed by atoms with Crippen LogP contribution in [0.25, 0.3) is 0 Å². The number of rotatable bonds is 2. The van der Waals surface area contributed by atoms with Gasteiger partial charge in [0.05, 0.1) is 5.92 Å². The molecule has 1 fully saturated rings. The monoisotopic (exact) mass is 288 g/mol.